The Morgan fingerprint density at radius 3 is 2.59 bits per heavy atom. The number of ketones is 1. The number of rotatable bonds is 8. The summed E-state index contributed by atoms with van der Waals surface area (Å²) in [5.41, 5.74) is 14.3. The first kappa shape index (κ1) is 30.5. The number of carboxylic acid groups (broad SMARTS) is 1. The summed E-state index contributed by atoms with van der Waals surface area (Å²) in [6.45, 7) is 3.60. The van der Waals surface area contributed by atoms with Crippen LogP contribution in [0.3, 0.4) is 0 Å². The van der Waals surface area contributed by atoms with Crippen LogP contribution < -0.4 is 16.8 Å². The van der Waals surface area contributed by atoms with Gasteiger partial charge in [0.15, 0.2) is 11.3 Å². The zero-order valence-electron chi connectivity index (χ0n) is 21.9. The molecule has 2 atom stereocenters. The molecule has 4 rings (SSSR count). The quantitative estimate of drug-likeness (QED) is 0.157. The molecule has 10 nitrogen and oxygen atoms in total. The Labute approximate surface area is 234 Å². The number of sulfonamides is 1. The van der Waals surface area contributed by atoms with Gasteiger partial charge >= 0.3 is 5.97 Å². The van der Waals surface area contributed by atoms with Crippen molar-refractivity contribution in [1.82, 2.24) is 10.2 Å². The number of Topliss-reactive ketones (excluding diaryl/α,β-unsaturated/α-hetero) is 1. The lowest BCUT2D eigenvalue weighted by molar-refractivity contribution is -0.150. The topological polar surface area (TPSA) is 168 Å². The number of amidine groups is 1. The predicted octanol–water partition coefficient (Wildman–Crippen LogP) is 1.31. The van der Waals surface area contributed by atoms with Crippen LogP contribution in [0.2, 0.25) is 0 Å². The largest absolute Gasteiger partial charge is 0.480 e. The third-order valence-electron chi connectivity index (χ3n) is 7.17. The van der Waals surface area contributed by atoms with Gasteiger partial charge in [0.2, 0.25) is 0 Å². The molecule has 6 N–H and O–H groups in total. The lowest BCUT2D eigenvalue weighted by Gasteiger charge is -2.32. The third kappa shape index (κ3) is 6.39. The van der Waals surface area contributed by atoms with Gasteiger partial charge in [-0.2, -0.15) is 8.42 Å². The number of benzene rings is 2. The first-order valence-corrected chi connectivity index (χ1v) is 13.8. The monoisotopic (exact) mass is 575 g/mol. The second kappa shape index (κ2) is 12.0. The van der Waals surface area contributed by atoms with E-state index in [1.807, 2.05) is 13.1 Å². The van der Waals surface area contributed by atoms with E-state index in [-0.39, 0.29) is 42.5 Å². The van der Waals surface area contributed by atoms with Crippen LogP contribution >= 0.6 is 12.4 Å². The molecule has 2 heterocycles. The molecule has 2 aliphatic rings. The van der Waals surface area contributed by atoms with Gasteiger partial charge in [-0.25, -0.2) is 4.79 Å². The minimum Gasteiger partial charge on any atom is -0.480 e. The molecule has 1 unspecified atom stereocenters. The van der Waals surface area contributed by atoms with E-state index in [0.717, 1.165) is 24.1 Å². The SMILES string of the molecule is Cc1ccc(CC(N)C(=O)[C@]2(C(=O)O)CC=CCN2)cc1C(N)=NS(=O)(=O)c1ccc2c(c1)CN(C)CC2.Cl. The molecule has 0 amide bonds. The molecule has 2 aromatic carbocycles. The summed E-state index contributed by atoms with van der Waals surface area (Å²) in [7, 11) is -2.09. The second-order valence-corrected chi connectivity index (χ2v) is 11.6. The Kier molecular flexibility index (Phi) is 9.35. The van der Waals surface area contributed by atoms with Crippen molar-refractivity contribution >= 4 is 40.0 Å². The number of halogens is 1. The van der Waals surface area contributed by atoms with E-state index in [0.29, 0.717) is 23.2 Å². The molecule has 0 spiro atoms. The minimum absolute atomic E-state index is 0. The van der Waals surface area contributed by atoms with Crippen molar-refractivity contribution in [2.24, 2.45) is 15.9 Å². The maximum absolute atomic E-state index is 13.1. The van der Waals surface area contributed by atoms with Gasteiger partial charge in [-0.15, -0.1) is 16.8 Å². The normalized spacial score (nSPS) is 20.5. The van der Waals surface area contributed by atoms with Crippen molar-refractivity contribution in [2.75, 3.05) is 20.1 Å². The molecule has 0 saturated heterocycles. The number of hydrogen-bond donors (Lipinski definition) is 4. The van der Waals surface area contributed by atoms with E-state index in [2.05, 4.69) is 14.6 Å². The summed E-state index contributed by atoms with van der Waals surface area (Å²) < 4.78 is 30.1. The summed E-state index contributed by atoms with van der Waals surface area (Å²) >= 11 is 0. The number of hydrogen-bond acceptors (Lipinski definition) is 7. The van der Waals surface area contributed by atoms with Crippen molar-refractivity contribution in [2.45, 2.75) is 49.2 Å². The molecule has 0 aromatic heterocycles. The zero-order chi connectivity index (χ0) is 27.7. The first-order valence-electron chi connectivity index (χ1n) is 12.4. The highest BCUT2D eigenvalue weighted by Crippen LogP contribution is 2.24. The fraction of sp³-hybridized carbons (Fsp3) is 0.370. The lowest BCUT2D eigenvalue weighted by atomic mass is 9.82. The van der Waals surface area contributed by atoms with Gasteiger partial charge in [-0.1, -0.05) is 30.4 Å². The Morgan fingerprint density at radius 2 is 1.92 bits per heavy atom. The summed E-state index contributed by atoms with van der Waals surface area (Å²) in [6, 6.07) is 9.05. The van der Waals surface area contributed by atoms with Crippen LogP contribution in [0.4, 0.5) is 0 Å². The average Bonchev–Trinajstić information content (AvgIpc) is 2.88. The van der Waals surface area contributed by atoms with Gasteiger partial charge in [-0.05, 0) is 67.3 Å². The highest BCUT2D eigenvalue weighted by Gasteiger charge is 2.47. The fourth-order valence-corrected chi connectivity index (χ4v) is 5.90. The van der Waals surface area contributed by atoms with Crippen LogP contribution in [0.15, 0.2) is 57.8 Å². The van der Waals surface area contributed by atoms with Crippen molar-refractivity contribution in [3.05, 3.63) is 76.4 Å². The van der Waals surface area contributed by atoms with E-state index < -0.39 is 33.4 Å². The van der Waals surface area contributed by atoms with Crippen LogP contribution in [0.25, 0.3) is 0 Å². The van der Waals surface area contributed by atoms with Gasteiger partial charge in [0.05, 0.1) is 10.9 Å². The molecule has 39 heavy (non-hydrogen) atoms. The highest BCUT2D eigenvalue weighted by molar-refractivity contribution is 7.90. The van der Waals surface area contributed by atoms with Gasteiger partial charge in [0.1, 0.15) is 5.84 Å². The van der Waals surface area contributed by atoms with Crippen molar-refractivity contribution in [3.63, 3.8) is 0 Å². The van der Waals surface area contributed by atoms with Gasteiger partial charge in [0, 0.05) is 31.6 Å². The van der Waals surface area contributed by atoms with Gasteiger partial charge in [-0.3, -0.25) is 10.1 Å². The maximum atomic E-state index is 13.1. The number of nitrogens with zero attached hydrogens (tertiary/aromatic N) is 2. The van der Waals surface area contributed by atoms with E-state index in [9.17, 15) is 23.1 Å². The Balaban J connectivity index is 0.00000420. The molecular weight excluding hydrogens is 542 g/mol. The third-order valence-corrected chi connectivity index (χ3v) is 8.45. The minimum atomic E-state index is -4.07. The Hall–Kier alpha value is -3.09. The van der Waals surface area contributed by atoms with Crippen LogP contribution in [-0.4, -0.2) is 67.7 Å². The standard InChI is InChI=1S/C27H33N5O5S.ClH/c1-17-5-6-18(14-23(28)24(33)27(26(34)35)10-3-4-11-30-27)13-22(17)25(29)31-38(36,37)21-8-7-19-9-12-32(2)16-20(19)15-21;/h3-8,13,15,23,30H,9-12,14,16,28H2,1-2H3,(H2,29,31)(H,34,35);1H/t23?,27-;/m0./s1. The van der Waals surface area contributed by atoms with E-state index >= 15 is 0 Å². The number of carbonyl (C=O) groups excluding carboxylic acids is 1. The van der Waals surface area contributed by atoms with Crippen molar-refractivity contribution < 1.29 is 23.1 Å². The summed E-state index contributed by atoms with van der Waals surface area (Å²) in [5.74, 6) is -2.08. The number of aryl methyl sites for hydroxylation is 1. The Morgan fingerprint density at radius 1 is 1.18 bits per heavy atom. The number of fused-ring (bicyclic) bond motifs is 1. The van der Waals surface area contributed by atoms with Crippen molar-refractivity contribution in [3.8, 4) is 0 Å². The molecule has 0 aliphatic carbocycles. The molecule has 12 heteroatoms. The number of nitrogens with two attached hydrogens (primary N) is 2. The lowest BCUT2D eigenvalue weighted by Crippen LogP contribution is -2.63. The molecule has 0 radical (unpaired) electrons. The molecular formula is C27H34ClN5O5S. The van der Waals surface area contributed by atoms with E-state index in [1.54, 1.807) is 49.4 Å². The average molecular weight is 576 g/mol. The van der Waals surface area contributed by atoms with E-state index in [4.69, 9.17) is 11.5 Å². The van der Waals surface area contributed by atoms with Crippen LogP contribution in [0.1, 0.15) is 34.2 Å². The number of carbonyl (C=O) groups is 2. The molecule has 0 saturated carbocycles. The maximum Gasteiger partial charge on any atom is 0.332 e. The summed E-state index contributed by atoms with van der Waals surface area (Å²) in [6.07, 6.45) is 4.31. The van der Waals surface area contributed by atoms with Crippen LogP contribution in [0.5, 0.6) is 0 Å². The fourth-order valence-electron chi connectivity index (χ4n) is 4.91. The van der Waals surface area contributed by atoms with Crippen LogP contribution in [0, 0.1) is 6.92 Å². The summed E-state index contributed by atoms with van der Waals surface area (Å²) in [4.78, 5) is 27.2. The predicted molar refractivity (Wildman–Crippen MR) is 152 cm³/mol. The molecule has 0 fully saturated rings. The van der Waals surface area contributed by atoms with Gasteiger partial charge < -0.3 is 21.5 Å². The Bertz CT molecular complexity index is 1440. The summed E-state index contributed by atoms with van der Waals surface area (Å²) in [5, 5.41) is 12.5. The highest BCUT2D eigenvalue weighted by atomic mass is 35.5. The number of likely N-dealkylation sites (N-methyl/N-ethyl adjacent to an activating group) is 1. The molecule has 2 aromatic rings. The van der Waals surface area contributed by atoms with Crippen molar-refractivity contribution in [1.29, 1.82) is 0 Å². The number of nitrogens with one attached hydrogen (secondary N) is 1. The van der Waals surface area contributed by atoms with Crippen LogP contribution in [-0.2, 0) is 39.0 Å². The first-order chi connectivity index (χ1) is 17.9. The van der Waals surface area contributed by atoms with E-state index in [1.165, 1.54) is 0 Å². The second-order valence-electron chi connectivity index (χ2n) is 9.96. The smallest absolute Gasteiger partial charge is 0.332 e. The molecule has 2 aliphatic heterocycles. The van der Waals surface area contributed by atoms with Gasteiger partial charge in [0.25, 0.3) is 10.0 Å². The zero-order valence-corrected chi connectivity index (χ0v) is 23.5. The molecule has 0 bridgehead atoms. The molecule has 210 valence electrons. The number of aliphatic carboxylic acids is 1. The number of carboxylic acids is 1.